The fourth-order valence-corrected chi connectivity index (χ4v) is 4.22. The highest BCUT2D eigenvalue weighted by Crippen LogP contribution is 2.38. The highest BCUT2D eigenvalue weighted by Gasteiger charge is 2.25. The average molecular weight is 436 g/mol. The molecule has 0 spiro atoms. The van der Waals surface area contributed by atoms with E-state index in [1.807, 2.05) is 31.3 Å². The lowest BCUT2D eigenvalue weighted by Gasteiger charge is -2.23. The summed E-state index contributed by atoms with van der Waals surface area (Å²) < 4.78 is 21.5. The highest BCUT2D eigenvalue weighted by atomic mass is 31.1. The van der Waals surface area contributed by atoms with Crippen molar-refractivity contribution >= 4 is 25.2 Å². The summed E-state index contributed by atoms with van der Waals surface area (Å²) in [4.78, 5) is 7.97. The quantitative estimate of drug-likeness (QED) is 0.282. The molecule has 6 heteroatoms. The molecule has 0 amide bonds. The Bertz CT molecular complexity index is 1120. The van der Waals surface area contributed by atoms with Gasteiger partial charge >= 0.3 is 8.69 Å². The number of rotatable bonds is 10. The molecule has 0 radical (unpaired) electrons. The van der Waals surface area contributed by atoms with Crippen LogP contribution in [0.25, 0.3) is 27.7 Å². The number of hydrogen-bond donors (Lipinski definition) is 1. The normalized spacial score (nSPS) is 12.3. The third kappa shape index (κ3) is 5.37. The van der Waals surface area contributed by atoms with Crippen molar-refractivity contribution in [2.45, 2.75) is 33.8 Å². The second-order valence-corrected chi connectivity index (χ2v) is 8.83. The summed E-state index contributed by atoms with van der Waals surface area (Å²) >= 11 is 0. The van der Waals surface area contributed by atoms with Crippen LogP contribution in [-0.2, 0) is 26.9 Å². The van der Waals surface area contributed by atoms with Gasteiger partial charge in [-0.15, -0.1) is 0 Å². The number of nitrogens with one attached hydrogen (secondary N) is 1. The minimum absolute atomic E-state index is 0.221. The number of allylic oxidation sites excluding steroid dienone is 3. The number of benzene rings is 1. The largest absolute Gasteiger partial charge is 0.380 e. The monoisotopic (exact) mass is 436 g/mol. The van der Waals surface area contributed by atoms with Crippen LogP contribution in [0.15, 0.2) is 55.4 Å². The van der Waals surface area contributed by atoms with Gasteiger partial charge in [-0.2, -0.15) is 0 Å². The molecule has 5 nitrogen and oxygen atoms in total. The first kappa shape index (κ1) is 23.1. The summed E-state index contributed by atoms with van der Waals surface area (Å²) in [6, 6.07) is 8.34. The first-order valence-corrected chi connectivity index (χ1v) is 11.0. The van der Waals surface area contributed by atoms with Crippen LogP contribution in [0.4, 0.5) is 0 Å². The Morgan fingerprint density at radius 1 is 1.32 bits per heavy atom. The summed E-state index contributed by atoms with van der Waals surface area (Å²) in [5.41, 5.74) is 7.15. The molecule has 0 aliphatic carbocycles. The van der Waals surface area contributed by atoms with E-state index in [2.05, 4.69) is 48.6 Å². The van der Waals surface area contributed by atoms with Crippen molar-refractivity contribution in [2.24, 2.45) is 5.41 Å². The van der Waals surface area contributed by atoms with E-state index < -0.39 is 0 Å². The van der Waals surface area contributed by atoms with Crippen LogP contribution in [0.5, 0.6) is 0 Å². The number of aromatic amines is 1. The fraction of sp³-hybridized carbons (Fsp3) is 0.320. The molecule has 1 N–H and O–H groups in total. The van der Waals surface area contributed by atoms with E-state index in [0.29, 0.717) is 13.2 Å². The molecular weight excluding hydrogens is 407 g/mol. The summed E-state index contributed by atoms with van der Waals surface area (Å²) in [6.07, 6.45) is 8.40. The van der Waals surface area contributed by atoms with Gasteiger partial charge in [0.05, 0.1) is 18.9 Å². The van der Waals surface area contributed by atoms with Gasteiger partial charge < -0.3 is 9.72 Å². The Hall–Kier alpha value is -2.59. The van der Waals surface area contributed by atoms with E-state index in [1.54, 1.807) is 13.3 Å². The molecule has 1 aromatic carbocycles. The lowest BCUT2D eigenvalue weighted by atomic mass is 9.84. The zero-order chi connectivity index (χ0) is 22.4. The van der Waals surface area contributed by atoms with E-state index in [-0.39, 0.29) is 14.1 Å². The van der Waals surface area contributed by atoms with Gasteiger partial charge in [0, 0.05) is 36.0 Å². The molecule has 162 valence electrons. The highest BCUT2D eigenvalue weighted by molar-refractivity contribution is 7.17. The number of ether oxygens (including phenoxy) is 1. The number of fused-ring (bicyclic) bond motifs is 1. The topological polar surface area (TPSA) is 64.2 Å². The van der Waals surface area contributed by atoms with Crippen molar-refractivity contribution < 1.29 is 13.8 Å². The van der Waals surface area contributed by atoms with Gasteiger partial charge in [-0.3, -0.25) is 9.51 Å². The van der Waals surface area contributed by atoms with E-state index >= 15 is 0 Å². The van der Waals surface area contributed by atoms with Gasteiger partial charge in [0.25, 0.3) is 0 Å². The summed E-state index contributed by atoms with van der Waals surface area (Å²) in [7, 11) is 1.39. The Labute approximate surface area is 185 Å². The van der Waals surface area contributed by atoms with Crippen LogP contribution in [0.2, 0.25) is 0 Å². The van der Waals surface area contributed by atoms with Crippen LogP contribution in [0, 0.1) is 5.41 Å². The molecule has 3 aromatic rings. The zero-order valence-electron chi connectivity index (χ0n) is 18.6. The van der Waals surface area contributed by atoms with Crippen molar-refractivity contribution in [3.05, 3.63) is 72.1 Å². The van der Waals surface area contributed by atoms with Crippen LogP contribution in [0.1, 0.15) is 37.5 Å². The summed E-state index contributed by atoms with van der Waals surface area (Å²) in [5, 5.41) is 1.14. The average Bonchev–Trinajstić information content (AvgIpc) is 3.10. The summed E-state index contributed by atoms with van der Waals surface area (Å²) in [5.74, 6) is 0. The number of pyridine rings is 1. The van der Waals surface area contributed by atoms with Gasteiger partial charge in [0.15, 0.2) is 0 Å². The maximum Gasteiger partial charge on any atom is 0.327 e. The molecular formula is C25H29N2O3P. The molecule has 0 aliphatic rings. The Kier molecular flexibility index (Phi) is 7.55. The minimum Gasteiger partial charge on any atom is -0.380 e. The van der Waals surface area contributed by atoms with Crippen molar-refractivity contribution in [2.75, 3.05) is 13.7 Å². The van der Waals surface area contributed by atoms with Crippen LogP contribution >= 0.6 is 8.69 Å². The second-order valence-electron chi connectivity index (χ2n) is 8.42. The number of nitrogens with zero attached hydrogens (tertiary/aromatic N) is 1. The van der Waals surface area contributed by atoms with E-state index in [4.69, 9.17) is 9.26 Å². The van der Waals surface area contributed by atoms with E-state index in [0.717, 1.165) is 45.3 Å². The van der Waals surface area contributed by atoms with Crippen LogP contribution < -0.4 is 0 Å². The maximum atomic E-state index is 10.9. The fourth-order valence-electron chi connectivity index (χ4n) is 3.82. The van der Waals surface area contributed by atoms with Gasteiger partial charge in [0.2, 0.25) is 0 Å². The third-order valence-electron chi connectivity index (χ3n) is 5.29. The predicted octanol–water partition coefficient (Wildman–Crippen LogP) is 6.76. The number of aromatic nitrogens is 2. The van der Waals surface area contributed by atoms with Gasteiger partial charge in [-0.05, 0) is 59.2 Å². The van der Waals surface area contributed by atoms with E-state index in [1.165, 1.54) is 5.56 Å². The number of methoxy groups -OCH3 is 1. The predicted molar refractivity (Wildman–Crippen MR) is 127 cm³/mol. The Morgan fingerprint density at radius 2 is 2.13 bits per heavy atom. The molecule has 0 unspecified atom stereocenters. The summed E-state index contributed by atoms with van der Waals surface area (Å²) in [6.45, 7) is 11.3. The Balaban J connectivity index is 2.21. The lowest BCUT2D eigenvalue weighted by Crippen LogP contribution is -2.20. The van der Waals surface area contributed by atoms with Crippen molar-refractivity contribution in [1.82, 2.24) is 9.97 Å². The standard InChI is InChI=1S/C25H29N2O3P/c1-6-7-17(2)18-8-9-23-20(12-18)21(13-25(3,4)16-30-31-28)24(27-23)22-14-26-11-10-19(22)15-29-5/h6-12,14,27H,2,13,15-16H2,1,3-5H3/b7-6+. The first-order valence-electron chi connectivity index (χ1n) is 10.2. The van der Waals surface area contributed by atoms with Crippen molar-refractivity contribution in [1.29, 1.82) is 0 Å². The second kappa shape index (κ2) is 10.1. The van der Waals surface area contributed by atoms with Gasteiger partial charge in [-0.25, -0.2) is 4.57 Å². The molecule has 2 aromatic heterocycles. The molecule has 0 atom stereocenters. The van der Waals surface area contributed by atoms with Crippen molar-refractivity contribution in [3.8, 4) is 11.3 Å². The van der Waals surface area contributed by atoms with Crippen molar-refractivity contribution in [3.63, 3.8) is 0 Å². The number of H-pyrrole nitrogens is 1. The molecule has 0 bridgehead atoms. The van der Waals surface area contributed by atoms with Gasteiger partial charge in [-0.1, -0.05) is 38.6 Å². The maximum absolute atomic E-state index is 10.9. The molecule has 0 aliphatic heterocycles. The minimum atomic E-state index is -0.299. The molecule has 2 heterocycles. The smallest absolute Gasteiger partial charge is 0.327 e. The SMILES string of the molecule is C=C(/C=C/C)c1ccc2[nH]c(-c3cnccc3COC)c(CC(C)(C)COP=O)c2c1. The first-order chi connectivity index (χ1) is 14.9. The van der Waals surface area contributed by atoms with Crippen LogP contribution in [-0.4, -0.2) is 23.7 Å². The lowest BCUT2D eigenvalue weighted by molar-refractivity contribution is 0.185. The molecule has 0 saturated carbocycles. The molecule has 0 saturated heterocycles. The zero-order valence-corrected chi connectivity index (χ0v) is 19.5. The Morgan fingerprint density at radius 3 is 2.84 bits per heavy atom. The molecule has 31 heavy (non-hydrogen) atoms. The van der Waals surface area contributed by atoms with Crippen LogP contribution in [0.3, 0.4) is 0 Å². The third-order valence-corrected chi connectivity index (χ3v) is 5.52. The molecule has 0 fully saturated rings. The molecule has 3 rings (SSSR count). The number of hydrogen-bond acceptors (Lipinski definition) is 4. The van der Waals surface area contributed by atoms with E-state index in [9.17, 15) is 4.57 Å². The van der Waals surface area contributed by atoms with Gasteiger partial charge in [0.1, 0.15) is 0 Å².